The summed E-state index contributed by atoms with van der Waals surface area (Å²) in [6, 6.07) is 0.918. The number of hydrogen-bond donors (Lipinski definition) is 12. The number of phosphoric ester groups is 2. The summed E-state index contributed by atoms with van der Waals surface area (Å²) in [4.78, 5) is 101. The Morgan fingerprint density at radius 1 is 0.833 bits per heavy atom. The number of methoxy groups -OCH3 is 1. The number of nitrogen functional groups attached to an aromatic ring is 2. The van der Waals surface area contributed by atoms with Crippen molar-refractivity contribution in [2.24, 2.45) is 13.0 Å². The zero-order chi connectivity index (χ0) is 56.6. The van der Waals surface area contributed by atoms with Crippen LogP contribution in [0.15, 0.2) is 45.6 Å². The SMILES string of the molecule is CO[C@@H]1[C@H](P(=O)(O)OC[C@H]2O[C@@H](n3ccc(=O)[nH]c3=O)[C@H](O)[C@@H]2O)[C@@H](COP(=O)(O)OP(=O)(O)OP(=O)(O)OC[C@H]2O[C@@H]([n+]3cn(C)c4c(=O)[nH]c(N)nc43)[C@H](O)[C@@H]2CNS(=O)(=O)C2CC2)O[C@H]1n1cnc2c(N)ncnc21. The highest BCUT2D eigenvalue weighted by Crippen LogP contribution is 2.68. The first-order valence-electron chi connectivity index (χ1n) is 22.7. The summed E-state index contributed by atoms with van der Waals surface area (Å²) in [5.41, 5.74) is 7.01. The molecule has 5 aromatic rings. The van der Waals surface area contributed by atoms with Gasteiger partial charge >= 0.3 is 42.4 Å². The molecule has 16 atom stereocenters. The predicted molar refractivity (Wildman–Crippen MR) is 254 cm³/mol. The number of imidazole rings is 2. The van der Waals surface area contributed by atoms with Crippen molar-refractivity contribution in [2.45, 2.75) is 85.2 Å². The zero-order valence-corrected chi connectivity index (χ0v) is 44.4. The Labute approximate surface area is 435 Å². The van der Waals surface area contributed by atoms with Gasteiger partial charge in [0.25, 0.3) is 17.1 Å². The van der Waals surface area contributed by atoms with Crippen molar-refractivity contribution < 1.29 is 107 Å². The molecular formula is C35H50N13O25P4S+. The van der Waals surface area contributed by atoms with Crippen LogP contribution in [0.4, 0.5) is 11.8 Å². The highest BCUT2D eigenvalue weighted by Gasteiger charge is 2.58. The monoisotopic (exact) mass is 1210 g/mol. The van der Waals surface area contributed by atoms with Gasteiger partial charge in [0.2, 0.25) is 21.8 Å². The Hall–Kier alpha value is -4.63. The number of fused-ring (bicyclic) bond motifs is 2. The lowest BCUT2D eigenvalue weighted by atomic mass is 9.98. The van der Waals surface area contributed by atoms with Crippen LogP contribution in [0.2, 0.25) is 0 Å². The number of sulfonamides is 1. The van der Waals surface area contributed by atoms with Crippen molar-refractivity contribution in [3.8, 4) is 0 Å². The first-order valence-corrected chi connectivity index (χ1v) is 30.4. The summed E-state index contributed by atoms with van der Waals surface area (Å²) < 4.78 is 133. The lowest BCUT2D eigenvalue weighted by Gasteiger charge is -2.28. The number of anilines is 2. The number of phosphoric acid groups is 3. The van der Waals surface area contributed by atoms with Gasteiger partial charge in [0, 0.05) is 31.8 Å². The van der Waals surface area contributed by atoms with E-state index < -0.39 is 162 Å². The van der Waals surface area contributed by atoms with Crippen molar-refractivity contribution >= 4 is 75.2 Å². The quantitative estimate of drug-likeness (QED) is 0.0230. The van der Waals surface area contributed by atoms with Gasteiger partial charge in [-0.2, -0.15) is 8.62 Å². The molecule has 14 N–H and O–H groups in total. The summed E-state index contributed by atoms with van der Waals surface area (Å²) in [5, 5.41) is 32.3. The van der Waals surface area contributed by atoms with Gasteiger partial charge in [0.15, 0.2) is 30.2 Å². The predicted octanol–water partition coefficient (Wildman–Crippen LogP) is -4.47. The van der Waals surface area contributed by atoms with Gasteiger partial charge in [-0.15, -0.1) is 0 Å². The fraction of sp³-hybridized carbons (Fsp3) is 0.600. The Balaban J connectivity index is 0.893. The van der Waals surface area contributed by atoms with E-state index in [0.717, 1.165) is 41.2 Å². The second kappa shape index (κ2) is 21.7. The van der Waals surface area contributed by atoms with Crippen LogP contribution in [0.3, 0.4) is 0 Å². The molecule has 4 aliphatic rings. The molecule has 8 heterocycles. The van der Waals surface area contributed by atoms with Gasteiger partial charge in [-0.05, 0) is 12.8 Å². The van der Waals surface area contributed by atoms with Crippen LogP contribution < -0.4 is 37.6 Å². The molecule has 78 heavy (non-hydrogen) atoms. The third kappa shape index (κ3) is 11.9. The third-order valence-corrected chi connectivity index (χ3v) is 20.9. The number of aromatic amines is 2. The van der Waals surface area contributed by atoms with Crippen molar-refractivity contribution in [1.82, 2.24) is 48.3 Å². The molecule has 3 saturated heterocycles. The number of aliphatic hydroxyl groups is 3. The topological polar surface area (TPSA) is 544 Å². The van der Waals surface area contributed by atoms with E-state index in [4.69, 9.17) is 44.0 Å². The lowest BCUT2D eigenvalue weighted by molar-refractivity contribution is -0.745. The van der Waals surface area contributed by atoms with Crippen LogP contribution in [-0.2, 0) is 76.5 Å². The Bertz CT molecular complexity index is 3600. The number of aryl methyl sites for hydroxylation is 1. The third-order valence-electron chi connectivity index (χ3n) is 12.8. The number of aromatic nitrogens is 10. The van der Waals surface area contributed by atoms with Crippen LogP contribution in [0.5, 0.6) is 0 Å². The summed E-state index contributed by atoms with van der Waals surface area (Å²) >= 11 is 0. The van der Waals surface area contributed by atoms with E-state index in [1.165, 1.54) is 22.5 Å². The Morgan fingerprint density at radius 2 is 1.49 bits per heavy atom. The minimum Gasteiger partial charge on any atom is -0.387 e. The molecule has 38 nitrogen and oxygen atoms in total. The molecule has 0 aromatic carbocycles. The lowest BCUT2D eigenvalue weighted by Crippen LogP contribution is -2.46. The van der Waals surface area contributed by atoms with E-state index >= 15 is 0 Å². The fourth-order valence-electron chi connectivity index (χ4n) is 9.04. The maximum Gasteiger partial charge on any atom is 0.490 e. The minimum absolute atomic E-state index is 0.0193. The summed E-state index contributed by atoms with van der Waals surface area (Å²) in [6.07, 6.45) is -11.8. The molecule has 0 amide bonds. The fourth-order valence-corrected chi connectivity index (χ4v) is 15.7. The second-order valence-electron chi connectivity index (χ2n) is 18.0. The summed E-state index contributed by atoms with van der Waals surface area (Å²) in [7, 11) is -25.0. The molecule has 9 rings (SSSR count). The van der Waals surface area contributed by atoms with Gasteiger partial charge < -0.3 is 69.8 Å². The van der Waals surface area contributed by atoms with E-state index in [1.54, 1.807) is 0 Å². The standard InChI is InChI=1S/C35H49N13O25P4S/c1-45-13-48(29-21(45)30(53)44-34(37)43-29)31-22(50)15(7-41-78(63,64)14-3-4-14)16(69-31)8-67-75(57,58)72-77(61,62)73-76(59,60)68-10-18-26(25(65-2)33(71-18)47-12-40-20-27(36)38-11-39-28(20)47)74(55,56)66-9-17-23(51)24(52)32(70-17)46-6-5-19(49)42-35(46)54/h5-6,11-18,22-26,31-33,41,50-52H,3-4,7-10H2,1-2H3,(H9-,36,37,38,39,42,43,44,49,53,54,55,56,57,58,59,60,61,62)/p+1/t15-,16-,17-,18-,22-,23-,24-,25-,26-,31-,32-,33-/m1/s1. The van der Waals surface area contributed by atoms with Crippen LogP contribution in [-0.4, -0.2) is 174 Å². The van der Waals surface area contributed by atoms with Crippen molar-refractivity contribution in [3.63, 3.8) is 0 Å². The normalized spacial score (nSPS) is 30.8. The number of nitrogens with one attached hydrogen (secondary N) is 3. The number of ether oxygens (including phenoxy) is 4. The number of nitrogens with two attached hydrogens (primary N) is 2. The number of aliphatic hydroxyl groups excluding tert-OH is 3. The maximum absolute atomic E-state index is 14.3. The smallest absolute Gasteiger partial charge is 0.387 e. The molecule has 0 spiro atoms. The largest absolute Gasteiger partial charge is 0.490 e. The Morgan fingerprint density at radius 3 is 2.14 bits per heavy atom. The van der Waals surface area contributed by atoms with E-state index in [-0.39, 0.29) is 34.1 Å². The number of nitrogens with zero attached hydrogens (tertiary/aromatic N) is 8. The number of H-pyrrole nitrogens is 2. The molecule has 430 valence electrons. The molecule has 4 unspecified atom stereocenters. The molecule has 0 bridgehead atoms. The van der Waals surface area contributed by atoms with E-state index in [0.29, 0.717) is 12.8 Å². The first-order chi connectivity index (χ1) is 36.5. The second-order valence-corrected chi connectivity index (χ2v) is 26.7. The molecule has 5 aromatic heterocycles. The summed E-state index contributed by atoms with van der Waals surface area (Å²) in [5.74, 6) is -1.76. The molecule has 0 radical (unpaired) electrons. The Kier molecular flexibility index (Phi) is 16.1. The highest BCUT2D eigenvalue weighted by atomic mass is 32.2. The van der Waals surface area contributed by atoms with E-state index in [1.807, 2.05) is 4.98 Å². The van der Waals surface area contributed by atoms with Crippen molar-refractivity contribution in [3.05, 3.63) is 62.4 Å². The van der Waals surface area contributed by atoms with Gasteiger partial charge in [-0.3, -0.25) is 46.9 Å². The van der Waals surface area contributed by atoms with E-state index in [9.17, 15) is 76.0 Å². The van der Waals surface area contributed by atoms with Gasteiger partial charge in [0.05, 0.1) is 44.5 Å². The average Bonchev–Trinajstić information content (AvgIpc) is 3.85. The minimum atomic E-state index is -6.28. The van der Waals surface area contributed by atoms with Crippen LogP contribution in [0.1, 0.15) is 31.5 Å². The van der Waals surface area contributed by atoms with Crippen molar-refractivity contribution in [1.29, 1.82) is 0 Å². The van der Waals surface area contributed by atoms with Crippen molar-refractivity contribution in [2.75, 3.05) is 44.9 Å². The number of rotatable bonds is 22. The summed E-state index contributed by atoms with van der Waals surface area (Å²) in [6.45, 7) is -4.02. The molecule has 43 heteroatoms. The molecular weight excluding hydrogens is 1160 g/mol. The molecule has 1 aliphatic carbocycles. The molecule has 3 aliphatic heterocycles. The molecule has 4 fully saturated rings. The van der Waals surface area contributed by atoms with Crippen LogP contribution >= 0.6 is 31.1 Å². The zero-order valence-electron chi connectivity index (χ0n) is 40.0. The highest BCUT2D eigenvalue weighted by molar-refractivity contribution is 7.90. The number of hydrogen-bond acceptors (Lipinski definition) is 27. The van der Waals surface area contributed by atoms with Gasteiger partial charge in [-0.1, -0.05) is 4.98 Å². The van der Waals surface area contributed by atoms with E-state index in [2.05, 4.69) is 38.3 Å². The maximum atomic E-state index is 14.3. The van der Waals surface area contributed by atoms with Gasteiger partial charge in [0.1, 0.15) is 54.1 Å². The molecule has 1 saturated carbocycles. The first kappa shape index (κ1) is 58.0. The van der Waals surface area contributed by atoms with Gasteiger partial charge in [-0.25, -0.2) is 51.1 Å². The van der Waals surface area contributed by atoms with Crippen LogP contribution in [0, 0.1) is 5.92 Å². The average molecular weight is 1210 g/mol. The van der Waals surface area contributed by atoms with Crippen LogP contribution in [0.25, 0.3) is 22.3 Å².